The first-order valence-electron chi connectivity index (χ1n) is 10.3. The Morgan fingerprint density at radius 1 is 1.12 bits per heavy atom. The molecule has 3 rings (SSSR count). The first-order chi connectivity index (χ1) is 11.3. The first-order valence-corrected chi connectivity index (χ1v) is 10.3. The van der Waals surface area contributed by atoms with Crippen LogP contribution in [0.4, 0.5) is 0 Å². The van der Waals surface area contributed by atoms with Gasteiger partial charge in [0.1, 0.15) is 0 Å². The third kappa shape index (κ3) is 3.41. The van der Waals surface area contributed by atoms with Crippen molar-refractivity contribution < 1.29 is 9.84 Å². The summed E-state index contributed by atoms with van der Waals surface area (Å²) in [4.78, 5) is 2.38. The number of hydrogen-bond acceptors (Lipinski definition) is 3. The van der Waals surface area contributed by atoms with Crippen LogP contribution in [0.15, 0.2) is 0 Å². The molecular formula is C21H39NO2. The highest BCUT2D eigenvalue weighted by atomic mass is 16.5. The monoisotopic (exact) mass is 337 g/mol. The van der Waals surface area contributed by atoms with Gasteiger partial charge in [-0.1, -0.05) is 40.0 Å². The second kappa shape index (κ2) is 7.25. The predicted octanol–water partition coefficient (Wildman–Crippen LogP) is 4.23. The Kier molecular flexibility index (Phi) is 5.64. The van der Waals surface area contributed by atoms with Crippen molar-refractivity contribution >= 4 is 0 Å². The van der Waals surface area contributed by atoms with Crippen LogP contribution in [0.3, 0.4) is 0 Å². The van der Waals surface area contributed by atoms with Crippen LogP contribution in [-0.4, -0.2) is 48.5 Å². The van der Waals surface area contributed by atoms with Crippen LogP contribution < -0.4 is 0 Å². The number of ether oxygens (including phenoxy) is 1. The standard InChI is InChI=1S/C21H39NO2/c1-20(2)16-10-12-21(20,3)19(14-16)24-13-11-18(23)15-22(4)17-8-6-5-7-9-17/h16-19,23H,5-15H2,1-4H3/t16-,18-,19+,21-/m0/s1. The van der Waals surface area contributed by atoms with Crippen LogP contribution in [0.5, 0.6) is 0 Å². The van der Waals surface area contributed by atoms with E-state index in [-0.39, 0.29) is 6.10 Å². The molecule has 3 aliphatic carbocycles. The van der Waals surface area contributed by atoms with Gasteiger partial charge in [-0.25, -0.2) is 0 Å². The van der Waals surface area contributed by atoms with E-state index in [0.29, 0.717) is 29.6 Å². The lowest BCUT2D eigenvalue weighted by Crippen LogP contribution is -2.40. The Morgan fingerprint density at radius 2 is 1.83 bits per heavy atom. The maximum Gasteiger partial charge on any atom is 0.0689 e. The fraction of sp³-hybridized carbons (Fsp3) is 1.00. The van der Waals surface area contributed by atoms with Gasteiger partial charge in [-0.05, 0) is 62.3 Å². The highest BCUT2D eigenvalue weighted by Gasteiger charge is 2.61. The van der Waals surface area contributed by atoms with E-state index in [4.69, 9.17) is 4.74 Å². The minimum absolute atomic E-state index is 0.253. The molecule has 3 heteroatoms. The van der Waals surface area contributed by atoms with E-state index in [1.54, 1.807) is 0 Å². The Balaban J connectivity index is 1.39. The molecule has 24 heavy (non-hydrogen) atoms. The van der Waals surface area contributed by atoms with Crippen molar-refractivity contribution in [3.63, 3.8) is 0 Å². The zero-order valence-corrected chi connectivity index (χ0v) is 16.4. The topological polar surface area (TPSA) is 32.7 Å². The highest BCUT2D eigenvalue weighted by Crippen LogP contribution is 2.66. The smallest absolute Gasteiger partial charge is 0.0689 e. The average molecular weight is 338 g/mol. The van der Waals surface area contributed by atoms with Crippen LogP contribution >= 0.6 is 0 Å². The molecule has 0 aliphatic heterocycles. The second-order valence-corrected chi connectivity index (χ2v) is 9.64. The molecule has 3 saturated carbocycles. The van der Waals surface area contributed by atoms with Crippen molar-refractivity contribution in [1.29, 1.82) is 0 Å². The Morgan fingerprint density at radius 3 is 2.42 bits per heavy atom. The van der Waals surface area contributed by atoms with E-state index in [0.717, 1.165) is 18.9 Å². The quantitative estimate of drug-likeness (QED) is 0.754. The summed E-state index contributed by atoms with van der Waals surface area (Å²) < 4.78 is 6.29. The molecule has 1 N–H and O–H groups in total. The van der Waals surface area contributed by atoms with E-state index < -0.39 is 0 Å². The van der Waals surface area contributed by atoms with Gasteiger partial charge in [0.05, 0.1) is 12.2 Å². The van der Waals surface area contributed by atoms with E-state index in [9.17, 15) is 5.11 Å². The van der Waals surface area contributed by atoms with Crippen molar-refractivity contribution in [3.05, 3.63) is 0 Å². The van der Waals surface area contributed by atoms with Crippen LogP contribution in [0, 0.1) is 16.7 Å². The molecule has 4 atom stereocenters. The summed E-state index contributed by atoms with van der Waals surface area (Å²) in [6.07, 6.45) is 11.5. The van der Waals surface area contributed by atoms with Crippen LogP contribution in [-0.2, 0) is 4.74 Å². The van der Waals surface area contributed by atoms with Crippen LogP contribution in [0.1, 0.15) is 78.6 Å². The SMILES string of the molecule is CN(C[C@@H](O)CCO[C@@H]1C[C@@H]2CC[C@]1(C)C2(C)C)C1CCCCC1. The zero-order valence-electron chi connectivity index (χ0n) is 16.4. The Hall–Kier alpha value is -0.120. The lowest BCUT2D eigenvalue weighted by molar-refractivity contribution is -0.0568. The minimum Gasteiger partial charge on any atom is -0.392 e. The molecule has 2 bridgehead atoms. The average Bonchev–Trinajstić information content (AvgIpc) is 2.89. The third-order valence-corrected chi connectivity index (χ3v) is 8.18. The summed E-state index contributed by atoms with van der Waals surface area (Å²) in [6.45, 7) is 8.80. The summed E-state index contributed by atoms with van der Waals surface area (Å²) in [5.74, 6) is 0.829. The fourth-order valence-electron chi connectivity index (χ4n) is 5.82. The third-order valence-electron chi connectivity index (χ3n) is 8.18. The molecule has 3 nitrogen and oxygen atoms in total. The first kappa shape index (κ1) is 18.7. The Labute approximate surface area is 149 Å². The molecule has 0 aromatic rings. The fourth-order valence-corrected chi connectivity index (χ4v) is 5.82. The molecule has 0 aromatic carbocycles. The van der Waals surface area contributed by atoms with E-state index in [1.807, 2.05) is 0 Å². The van der Waals surface area contributed by atoms with Crippen molar-refractivity contribution in [2.75, 3.05) is 20.2 Å². The number of rotatable bonds is 7. The van der Waals surface area contributed by atoms with Gasteiger partial charge >= 0.3 is 0 Å². The number of likely N-dealkylation sites (N-methyl/N-ethyl adjacent to an activating group) is 1. The molecule has 0 radical (unpaired) electrons. The van der Waals surface area contributed by atoms with Crippen molar-refractivity contribution in [1.82, 2.24) is 4.90 Å². The molecule has 0 spiro atoms. The minimum atomic E-state index is -0.253. The predicted molar refractivity (Wildman–Crippen MR) is 99.1 cm³/mol. The summed E-state index contributed by atoms with van der Waals surface area (Å²) in [7, 11) is 2.18. The van der Waals surface area contributed by atoms with Gasteiger partial charge in [-0.2, -0.15) is 0 Å². The van der Waals surface area contributed by atoms with Crippen molar-refractivity contribution in [2.24, 2.45) is 16.7 Å². The summed E-state index contributed by atoms with van der Waals surface area (Å²) in [5.41, 5.74) is 0.749. The summed E-state index contributed by atoms with van der Waals surface area (Å²) >= 11 is 0. The number of nitrogens with zero attached hydrogens (tertiary/aromatic N) is 1. The Bertz CT molecular complexity index is 418. The molecule has 0 aromatic heterocycles. The molecule has 0 amide bonds. The van der Waals surface area contributed by atoms with E-state index >= 15 is 0 Å². The second-order valence-electron chi connectivity index (χ2n) is 9.64. The van der Waals surface area contributed by atoms with Gasteiger partial charge in [0.25, 0.3) is 0 Å². The largest absolute Gasteiger partial charge is 0.392 e. The van der Waals surface area contributed by atoms with Gasteiger partial charge in [-0.3, -0.25) is 0 Å². The van der Waals surface area contributed by atoms with E-state index in [2.05, 4.69) is 32.7 Å². The maximum absolute atomic E-state index is 10.4. The van der Waals surface area contributed by atoms with Gasteiger partial charge in [0.2, 0.25) is 0 Å². The molecule has 0 saturated heterocycles. The van der Waals surface area contributed by atoms with Crippen molar-refractivity contribution in [2.45, 2.75) is 96.8 Å². The highest BCUT2D eigenvalue weighted by molar-refractivity contribution is 5.11. The van der Waals surface area contributed by atoms with Gasteiger partial charge in [0.15, 0.2) is 0 Å². The number of hydrogen-bond donors (Lipinski definition) is 1. The lowest BCUT2D eigenvalue weighted by Gasteiger charge is -2.39. The molecule has 0 heterocycles. The van der Waals surface area contributed by atoms with Gasteiger partial charge in [0, 0.05) is 19.2 Å². The molecule has 0 unspecified atom stereocenters. The molecule has 140 valence electrons. The number of aliphatic hydroxyl groups excluding tert-OH is 1. The maximum atomic E-state index is 10.4. The lowest BCUT2D eigenvalue weighted by atomic mass is 9.70. The van der Waals surface area contributed by atoms with Crippen LogP contribution in [0.25, 0.3) is 0 Å². The van der Waals surface area contributed by atoms with E-state index in [1.165, 1.54) is 51.4 Å². The molecule has 3 aliphatic rings. The zero-order chi connectivity index (χ0) is 17.4. The van der Waals surface area contributed by atoms with Crippen LogP contribution in [0.2, 0.25) is 0 Å². The van der Waals surface area contributed by atoms with Gasteiger partial charge in [-0.15, -0.1) is 0 Å². The van der Waals surface area contributed by atoms with Gasteiger partial charge < -0.3 is 14.7 Å². The molecule has 3 fully saturated rings. The van der Waals surface area contributed by atoms with Crippen molar-refractivity contribution in [3.8, 4) is 0 Å². The number of fused-ring (bicyclic) bond motifs is 2. The summed E-state index contributed by atoms with van der Waals surface area (Å²) in [5, 5.41) is 10.4. The normalized spacial score (nSPS) is 37.2. The number of aliphatic hydroxyl groups is 1. The summed E-state index contributed by atoms with van der Waals surface area (Å²) in [6, 6.07) is 0.680. The molecular weight excluding hydrogens is 298 g/mol.